The smallest absolute Gasteiger partial charge is 0.161 e. The number of ether oxygens (including phenoxy) is 1. The van der Waals surface area contributed by atoms with Crippen LogP contribution in [-0.4, -0.2) is 49.1 Å². The van der Waals surface area contributed by atoms with Crippen LogP contribution in [0.2, 0.25) is 0 Å². The predicted molar refractivity (Wildman–Crippen MR) is 109 cm³/mol. The average Bonchev–Trinajstić information content (AvgIpc) is 3.49. The fourth-order valence-corrected chi connectivity index (χ4v) is 4.60. The molecule has 1 saturated heterocycles. The standard InChI is InChI=1S/C20H26N4OS/c1-3-26-20(8-9-20)17-14-18(24-10-12-25-13-11-24)23-19(22-17)15-4-6-16(21-2)7-5-15/h4-7,14,21H,3,8-13H2,1-2H3. The van der Waals surface area contributed by atoms with Crippen molar-refractivity contribution in [3.63, 3.8) is 0 Å². The van der Waals surface area contributed by atoms with Gasteiger partial charge in [0.15, 0.2) is 5.82 Å². The first-order valence-corrected chi connectivity index (χ1v) is 10.4. The molecule has 1 aliphatic heterocycles. The highest BCUT2D eigenvalue weighted by Crippen LogP contribution is 2.56. The van der Waals surface area contributed by atoms with Crippen molar-refractivity contribution >= 4 is 23.3 Å². The van der Waals surface area contributed by atoms with Crippen LogP contribution in [0, 0.1) is 0 Å². The summed E-state index contributed by atoms with van der Waals surface area (Å²) < 4.78 is 5.71. The van der Waals surface area contributed by atoms with Crippen molar-refractivity contribution in [2.45, 2.75) is 24.5 Å². The lowest BCUT2D eigenvalue weighted by Gasteiger charge is -2.29. The lowest BCUT2D eigenvalue weighted by molar-refractivity contribution is 0.122. The molecule has 1 aliphatic carbocycles. The van der Waals surface area contributed by atoms with E-state index in [1.54, 1.807) is 0 Å². The summed E-state index contributed by atoms with van der Waals surface area (Å²) in [6.45, 7) is 5.54. The van der Waals surface area contributed by atoms with E-state index in [9.17, 15) is 0 Å². The van der Waals surface area contributed by atoms with E-state index in [0.717, 1.165) is 54.9 Å². The van der Waals surface area contributed by atoms with Gasteiger partial charge in [-0.3, -0.25) is 0 Å². The summed E-state index contributed by atoms with van der Waals surface area (Å²) in [5, 5.41) is 3.16. The normalized spacial score (nSPS) is 18.6. The van der Waals surface area contributed by atoms with Crippen molar-refractivity contribution in [3.8, 4) is 11.4 Å². The third-order valence-electron chi connectivity index (χ3n) is 5.07. The van der Waals surface area contributed by atoms with Gasteiger partial charge >= 0.3 is 0 Å². The number of aromatic nitrogens is 2. The minimum Gasteiger partial charge on any atom is -0.388 e. The summed E-state index contributed by atoms with van der Waals surface area (Å²) in [6.07, 6.45) is 2.42. The Morgan fingerprint density at radius 1 is 1.15 bits per heavy atom. The molecule has 0 amide bonds. The number of nitrogens with zero attached hydrogens (tertiary/aromatic N) is 3. The van der Waals surface area contributed by atoms with E-state index >= 15 is 0 Å². The number of nitrogens with one attached hydrogen (secondary N) is 1. The van der Waals surface area contributed by atoms with E-state index in [-0.39, 0.29) is 4.75 Å². The van der Waals surface area contributed by atoms with Gasteiger partial charge < -0.3 is 15.0 Å². The van der Waals surface area contributed by atoms with Crippen molar-refractivity contribution in [1.29, 1.82) is 0 Å². The van der Waals surface area contributed by atoms with E-state index in [1.165, 1.54) is 18.5 Å². The lowest BCUT2D eigenvalue weighted by Crippen LogP contribution is -2.37. The second-order valence-electron chi connectivity index (χ2n) is 6.79. The number of morpholine rings is 1. The first kappa shape index (κ1) is 17.6. The molecule has 1 saturated carbocycles. The molecular weight excluding hydrogens is 344 g/mol. The average molecular weight is 371 g/mol. The van der Waals surface area contributed by atoms with E-state index < -0.39 is 0 Å². The van der Waals surface area contributed by atoms with Gasteiger partial charge in [-0.2, -0.15) is 0 Å². The lowest BCUT2D eigenvalue weighted by atomic mass is 10.1. The number of hydrogen-bond acceptors (Lipinski definition) is 6. The Kier molecular flexibility index (Phi) is 5.05. The van der Waals surface area contributed by atoms with E-state index in [2.05, 4.69) is 47.5 Å². The molecule has 2 heterocycles. The van der Waals surface area contributed by atoms with Gasteiger partial charge in [0.25, 0.3) is 0 Å². The molecule has 1 aromatic carbocycles. The highest BCUT2D eigenvalue weighted by Gasteiger charge is 2.46. The van der Waals surface area contributed by atoms with Crippen molar-refractivity contribution in [1.82, 2.24) is 9.97 Å². The van der Waals surface area contributed by atoms with Crippen molar-refractivity contribution < 1.29 is 4.74 Å². The molecule has 0 spiro atoms. The van der Waals surface area contributed by atoms with Crippen molar-refractivity contribution in [2.75, 3.05) is 49.3 Å². The molecule has 0 unspecified atom stereocenters. The highest BCUT2D eigenvalue weighted by atomic mass is 32.2. The summed E-state index contributed by atoms with van der Waals surface area (Å²) >= 11 is 2.02. The van der Waals surface area contributed by atoms with Crippen LogP contribution in [0.3, 0.4) is 0 Å². The summed E-state index contributed by atoms with van der Waals surface area (Å²) in [6, 6.07) is 10.6. The zero-order valence-corrected chi connectivity index (χ0v) is 16.3. The largest absolute Gasteiger partial charge is 0.388 e. The van der Waals surface area contributed by atoms with Gasteiger partial charge in [-0.05, 0) is 42.9 Å². The van der Waals surface area contributed by atoms with Crippen LogP contribution in [0.25, 0.3) is 11.4 Å². The molecule has 1 aromatic heterocycles. The van der Waals surface area contributed by atoms with Crippen LogP contribution < -0.4 is 10.2 Å². The monoisotopic (exact) mass is 370 g/mol. The fraction of sp³-hybridized carbons (Fsp3) is 0.500. The Balaban J connectivity index is 1.74. The molecule has 6 heteroatoms. The zero-order chi connectivity index (χ0) is 18.0. The zero-order valence-electron chi connectivity index (χ0n) is 15.5. The Morgan fingerprint density at radius 3 is 2.50 bits per heavy atom. The topological polar surface area (TPSA) is 50.3 Å². The second-order valence-corrected chi connectivity index (χ2v) is 8.44. The molecule has 2 aliphatic rings. The molecule has 2 fully saturated rings. The Bertz CT molecular complexity index is 755. The molecule has 0 bridgehead atoms. The fourth-order valence-electron chi connectivity index (χ4n) is 3.40. The van der Waals surface area contributed by atoms with Crippen molar-refractivity contribution in [3.05, 3.63) is 36.0 Å². The minimum atomic E-state index is 0.193. The van der Waals surface area contributed by atoms with Gasteiger partial charge in [-0.25, -0.2) is 9.97 Å². The van der Waals surface area contributed by atoms with Gasteiger partial charge in [0.2, 0.25) is 0 Å². The van der Waals surface area contributed by atoms with Crippen LogP contribution in [-0.2, 0) is 9.48 Å². The summed E-state index contributed by atoms with van der Waals surface area (Å²) in [5.41, 5.74) is 3.35. The highest BCUT2D eigenvalue weighted by molar-refractivity contribution is 8.00. The minimum absolute atomic E-state index is 0.193. The van der Waals surface area contributed by atoms with Crippen LogP contribution >= 0.6 is 11.8 Å². The van der Waals surface area contributed by atoms with Gasteiger partial charge in [-0.1, -0.05) is 6.92 Å². The van der Waals surface area contributed by atoms with E-state index in [1.807, 2.05) is 18.8 Å². The molecule has 26 heavy (non-hydrogen) atoms. The number of rotatable bonds is 6. The van der Waals surface area contributed by atoms with Gasteiger partial charge in [0.1, 0.15) is 5.82 Å². The predicted octanol–water partition coefficient (Wildman–Crippen LogP) is 3.76. The molecule has 1 N–H and O–H groups in total. The number of hydrogen-bond donors (Lipinski definition) is 1. The summed E-state index contributed by atoms with van der Waals surface area (Å²) in [5.74, 6) is 2.98. The van der Waals surface area contributed by atoms with Gasteiger partial charge in [-0.15, -0.1) is 11.8 Å². The maximum absolute atomic E-state index is 5.51. The molecule has 5 nitrogen and oxygen atoms in total. The molecule has 2 aromatic rings. The maximum Gasteiger partial charge on any atom is 0.161 e. The molecule has 0 radical (unpaired) electrons. The summed E-state index contributed by atoms with van der Waals surface area (Å²) in [7, 11) is 1.93. The van der Waals surface area contributed by atoms with Crippen molar-refractivity contribution in [2.24, 2.45) is 0 Å². The third-order valence-corrected chi connectivity index (χ3v) is 6.53. The summed E-state index contributed by atoms with van der Waals surface area (Å²) in [4.78, 5) is 12.2. The van der Waals surface area contributed by atoms with Gasteiger partial charge in [0.05, 0.1) is 23.7 Å². The van der Waals surface area contributed by atoms with Crippen LogP contribution in [0.4, 0.5) is 11.5 Å². The molecular formula is C20H26N4OS. The van der Waals surface area contributed by atoms with Crippen LogP contribution in [0.5, 0.6) is 0 Å². The Morgan fingerprint density at radius 2 is 1.88 bits per heavy atom. The maximum atomic E-state index is 5.51. The first-order valence-electron chi connectivity index (χ1n) is 9.38. The third kappa shape index (κ3) is 3.53. The molecule has 0 atom stereocenters. The van der Waals surface area contributed by atoms with Crippen LogP contribution in [0.15, 0.2) is 30.3 Å². The molecule has 4 rings (SSSR count). The van der Waals surface area contributed by atoms with E-state index in [0.29, 0.717) is 0 Å². The van der Waals surface area contributed by atoms with Crippen LogP contribution in [0.1, 0.15) is 25.5 Å². The van der Waals surface area contributed by atoms with E-state index in [4.69, 9.17) is 14.7 Å². The number of benzene rings is 1. The SMILES string of the molecule is CCSC1(c2cc(N3CCOCC3)nc(-c3ccc(NC)cc3)n2)CC1. The molecule has 138 valence electrons. The quantitative estimate of drug-likeness (QED) is 0.835. The number of anilines is 2. The van der Waals surface area contributed by atoms with Gasteiger partial charge in [0, 0.05) is 37.5 Å². The Labute approximate surface area is 159 Å². The first-order chi connectivity index (χ1) is 12.7. The Hall–Kier alpha value is -1.79. The second kappa shape index (κ2) is 7.45. The number of thioether (sulfide) groups is 1.